The van der Waals surface area contributed by atoms with Crippen molar-refractivity contribution in [2.75, 3.05) is 0 Å². The van der Waals surface area contributed by atoms with Crippen LogP contribution in [0.5, 0.6) is 0 Å². The summed E-state index contributed by atoms with van der Waals surface area (Å²) in [4.78, 5) is 16.4. The summed E-state index contributed by atoms with van der Waals surface area (Å²) in [7, 11) is 0. The van der Waals surface area contributed by atoms with Crippen LogP contribution in [0.4, 0.5) is 0 Å². The molecule has 288 valence electrons. The zero-order valence-corrected chi connectivity index (χ0v) is 34.6. The number of benzene rings is 9. The Morgan fingerprint density at radius 2 is 0.919 bits per heavy atom. The van der Waals surface area contributed by atoms with Gasteiger partial charge < -0.3 is 4.57 Å². The molecule has 5 nitrogen and oxygen atoms in total. The van der Waals surface area contributed by atoms with Crippen LogP contribution < -0.4 is 0 Å². The Morgan fingerprint density at radius 1 is 0.355 bits per heavy atom. The van der Waals surface area contributed by atoms with Crippen LogP contribution in [0, 0.1) is 0 Å². The monoisotopic (exact) mass is 825 g/mol. The van der Waals surface area contributed by atoms with Gasteiger partial charge in [0.25, 0.3) is 0 Å². The van der Waals surface area contributed by atoms with E-state index in [1.165, 1.54) is 62.0 Å². The normalized spacial score (nSPS) is 12.2. The van der Waals surface area contributed by atoms with Crippen molar-refractivity contribution in [2.45, 2.75) is 0 Å². The number of rotatable bonds is 4. The number of thiophene rings is 2. The predicted molar refractivity (Wildman–Crippen MR) is 263 cm³/mol. The van der Waals surface area contributed by atoms with Gasteiger partial charge in [-0.25, -0.2) is 4.98 Å². The average Bonchev–Trinajstić information content (AvgIpc) is 4.08. The molecule has 0 unspecified atom stereocenters. The second kappa shape index (κ2) is 12.9. The molecule has 5 heterocycles. The number of hydrogen-bond donors (Lipinski definition) is 0. The topological polar surface area (TPSA) is 48.5 Å². The van der Waals surface area contributed by atoms with Crippen LogP contribution in [0.3, 0.4) is 0 Å². The maximum Gasteiger partial charge on any atom is 0.238 e. The average molecular weight is 826 g/mol. The second-order valence-corrected chi connectivity index (χ2v) is 18.1. The van der Waals surface area contributed by atoms with E-state index in [0.29, 0.717) is 17.6 Å². The summed E-state index contributed by atoms with van der Waals surface area (Å²) < 4.78 is 9.58. The fourth-order valence-corrected chi connectivity index (χ4v) is 12.2. The molecule has 0 aliphatic rings. The maximum atomic E-state index is 5.50. The highest BCUT2D eigenvalue weighted by Gasteiger charge is 2.23. The molecule has 7 heteroatoms. The zero-order chi connectivity index (χ0) is 40.5. The third-order valence-electron chi connectivity index (χ3n) is 12.5. The molecular weight excluding hydrogens is 795 g/mol. The first-order chi connectivity index (χ1) is 30.7. The molecule has 5 aromatic heterocycles. The van der Waals surface area contributed by atoms with Crippen LogP contribution >= 0.6 is 22.7 Å². The minimum atomic E-state index is 0.582. The largest absolute Gasteiger partial charge is 0.308 e. The summed E-state index contributed by atoms with van der Waals surface area (Å²) >= 11 is 3.65. The Kier molecular flexibility index (Phi) is 7.08. The molecule has 0 amide bonds. The molecule has 0 aliphatic heterocycles. The van der Waals surface area contributed by atoms with Crippen LogP contribution in [-0.2, 0) is 0 Å². The zero-order valence-electron chi connectivity index (χ0n) is 33.0. The maximum absolute atomic E-state index is 5.50. The predicted octanol–water partition coefficient (Wildman–Crippen LogP) is 15.3. The molecule has 0 radical (unpaired) electrons. The fraction of sp³-hybridized carbons (Fsp3) is 0. The third kappa shape index (κ3) is 4.86. The molecule has 62 heavy (non-hydrogen) atoms. The molecular formula is C55H31N5S2. The summed E-state index contributed by atoms with van der Waals surface area (Å²) in [6.45, 7) is 0. The molecule has 14 rings (SSSR count). The van der Waals surface area contributed by atoms with Gasteiger partial charge in [0.1, 0.15) is 0 Å². The van der Waals surface area contributed by atoms with Crippen LogP contribution in [-0.4, -0.2) is 24.1 Å². The Morgan fingerprint density at radius 3 is 1.66 bits per heavy atom. The molecule has 0 bridgehead atoms. The van der Waals surface area contributed by atoms with Gasteiger partial charge in [0.2, 0.25) is 5.95 Å². The van der Waals surface area contributed by atoms with E-state index in [4.69, 9.17) is 15.0 Å². The minimum absolute atomic E-state index is 0.582. The lowest BCUT2D eigenvalue weighted by Gasteiger charge is -2.14. The van der Waals surface area contributed by atoms with Gasteiger partial charge in [0.05, 0.1) is 32.5 Å². The van der Waals surface area contributed by atoms with Crippen LogP contribution in [0.2, 0.25) is 0 Å². The van der Waals surface area contributed by atoms with E-state index in [9.17, 15) is 0 Å². The quantitative estimate of drug-likeness (QED) is 0.178. The number of fused-ring (bicyclic) bond motifs is 13. The van der Waals surface area contributed by atoms with Crippen LogP contribution in [0.15, 0.2) is 188 Å². The summed E-state index contributed by atoms with van der Waals surface area (Å²) in [5, 5.41) is 12.0. The van der Waals surface area contributed by atoms with Crippen molar-refractivity contribution in [3.8, 4) is 34.4 Å². The van der Waals surface area contributed by atoms with Crippen molar-refractivity contribution in [1.82, 2.24) is 24.1 Å². The highest BCUT2D eigenvalue weighted by atomic mass is 32.1. The number of nitrogens with zero attached hydrogens (tertiary/aromatic N) is 5. The summed E-state index contributed by atoms with van der Waals surface area (Å²) in [6.07, 6.45) is 0. The fourth-order valence-electron chi connectivity index (χ4n) is 9.83. The van der Waals surface area contributed by atoms with Gasteiger partial charge in [0, 0.05) is 68.3 Å². The third-order valence-corrected chi connectivity index (χ3v) is 14.9. The highest BCUT2D eigenvalue weighted by Crippen LogP contribution is 2.45. The molecule has 0 aliphatic carbocycles. The summed E-state index contributed by atoms with van der Waals surface area (Å²) in [5.41, 5.74) is 7.44. The van der Waals surface area contributed by atoms with Gasteiger partial charge in [0.15, 0.2) is 11.6 Å². The molecule has 14 aromatic rings. The molecule has 0 N–H and O–H groups in total. The summed E-state index contributed by atoms with van der Waals surface area (Å²) in [5.74, 6) is 1.84. The Bertz CT molecular complexity index is 4130. The van der Waals surface area contributed by atoms with Crippen LogP contribution in [0.1, 0.15) is 0 Å². The highest BCUT2D eigenvalue weighted by molar-refractivity contribution is 7.26. The first kappa shape index (κ1) is 34.0. The molecule has 0 atom stereocenters. The Balaban J connectivity index is 1.12. The second-order valence-electron chi connectivity index (χ2n) is 16.0. The lowest BCUT2D eigenvalue weighted by atomic mass is 10.0. The van der Waals surface area contributed by atoms with Crippen molar-refractivity contribution in [1.29, 1.82) is 0 Å². The van der Waals surface area contributed by atoms with Gasteiger partial charge in [-0.15, -0.1) is 22.7 Å². The number of aromatic nitrogens is 5. The Hall–Kier alpha value is -7.71. The number of para-hydroxylation sites is 3. The van der Waals surface area contributed by atoms with Gasteiger partial charge in [-0.05, 0) is 71.4 Å². The van der Waals surface area contributed by atoms with Gasteiger partial charge in [-0.1, -0.05) is 127 Å². The molecule has 0 spiro atoms. The van der Waals surface area contributed by atoms with Gasteiger partial charge >= 0.3 is 0 Å². The van der Waals surface area contributed by atoms with Crippen molar-refractivity contribution in [3.05, 3.63) is 188 Å². The van der Waals surface area contributed by atoms with Crippen molar-refractivity contribution in [2.24, 2.45) is 0 Å². The van der Waals surface area contributed by atoms with Crippen molar-refractivity contribution < 1.29 is 0 Å². The first-order valence-electron chi connectivity index (χ1n) is 20.8. The SMILES string of the molecule is c1ccc2cc3c(cc2c1)c1ccccc1n3-c1cc(-c2nc(-c3cccc4sc5ccccc5c34)nc(-n3c4ccccc4c4ccccc43)n2)cc2c1sc1ccccc12. The van der Waals surface area contributed by atoms with E-state index < -0.39 is 0 Å². The van der Waals surface area contributed by atoms with Crippen molar-refractivity contribution >= 4 is 117 Å². The molecule has 0 saturated carbocycles. The lowest BCUT2D eigenvalue weighted by Crippen LogP contribution is -2.07. The standard InChI is InChI=1S/C55H31N5S2/c1-2-15-33-30-46-41(28-32(33)14-1)37-18-5-8-22-43(37)59(46)47-31-34(29-42-38-19-6-11-25-48(38)62-52(42)47)53-56-54(40-21-13-27-50-51(40)39-20-7-12-26-49(39)61-50)58-55(57-53)60-44-23-9-3-16-35(44)36-17-4-10-24-45(36)60/h1-31H. The molecule has 0 fully saturated rings. The van der Waals surface area contributed by atoms with E-state index in [2.05, 4.69) is 197 Å². The molecule has 9 aromatic carbocycles. The van der Waals surface area contributed by atoms with E-state index >= 15 is 0 Å². The van der Waals surface area contributed by atoms with E-state index in [1.54, 1.807) is 11.3 Å². The lowest BCUT2D eigenvalue weighted by molar-refractivity contribution is 0.954. The van der Waals surface area contributed by atoms with E-state index in [0.717, 1.165) is 49.5 Å². The van der Waals surface area contributed by atoms with Gasteiger partial charge in [-0.2, -0.15) is 9.97 Å². The number of hydrogen-bond acceptors (Lipinski definition) is 5. The van der Waals surface area contributed by atoms with E-state index in [-0.39, 0.29) is 0 Å². The molecule has 0 saturated heterocycles. The first-order valence-corrected chi connectivity index (χ1v) is 22.4. The smallest absolute Gasteiger partial charge is 0.238 e. The Labute approximate surface area is 362 Å². The van der Waals surface area contributed by atoms with Gasteiger partial charge in [-0.3, -0.25) is 4.57 Å². The van der Waals surface area contributed by atoms with E-state index in [1.807, 2.05) is 11.3 Å². The summed E-state index contributed by atoms with van der Waals surface area (Å²) in [6, 6.07) is 67.8. The minimum Gasteiger partial charge on any atom is -0.308 e. The van der Waals surface area contributed by atoms with Crippen LogP contribution in [0.25, 0.3) is 129 Å². The van der Waals surface area contributed by atoms with Crippen molar-refractivity contribution in [3.63, 3.8) is 0 Å².